The molecule has 0 saturated carbocycles. The number of aromatic nitrogens is 3. The Hall–Kier alpha value is -2.47. The minimum atomic E-state index is -0.0654. The summed E-state index contributed by atoms with van der Waals surface area (Å²) in [5, 5.41) is 2.54. The van der Waals surface area contributed by atoms with Gasteiger partial charge in [-0.05, 0) is 25.3 Å². The minimum Gasteiger partial charge on any atom is -0.327 e. The lowest BCUT2D eigenvalue weighted by Gasteiger charge is -2.17. The molecular formula is C20H26N4O2. The Labute approximate surface area is 153 Å². The molecule has 0 atom stereocenters. The minimum absolute atomic E-state index is 0.0654. The summed E-state index contributed by atoms with van der Waals surface area (Å²) < 4.78 is 2.33. The first-order valence-electron chi connectivity index (χ1n) is 9.20. The Morgan fingerprint density at radius 2 is 2.04 bits per heavy atom. The fraction of sp³-hybridized carbons (Fsp3) is 0.450. The summed E-state index contributed by atoms with van der Waals surface area (Å²) in [6.45, 7) is 5.16. The Morgan fingerprint density at radius 1 is 1.23 bits per heavy atom. The molecule has 0 bridgehead atoms. The molecule has 1 amide bonds. The summed E-state index contributed by atoms with van der Waals surface area (Å²) >= 11 is 0. The highest BCUT2D eigenvalue weighted by Crippen LogP contribution is 2.25. The molecule has 0 saturated heterocycles. The Morgan fingerprint density at radius 3 is 2.77 bits per heavy atom. The second kappa shape index (κ2) is 8.27. The van der Waals surface area contributed by atoms with Gasteiger partial charge in [-0.1, -0.05) is 25.1 Å². The van der Waals surface area contributed by atoms with Gasteiger partial charge in [0.1, 0.15) is 11.3 Å². The molecule has 6 heteroatoms. The largest absolute Gasteiger partial charge is 0.327 e. The standard InChI is InChI=1S/C20H26N4O2/c1-4-9-19-22-18-14-21-17-11-6-5-10-16(17)20(18)23(19)12-7-8-13-24(26-3)15(2)25/h5-6,10-11,14H,4,7-9,12-13H2,1-3H3. The molecule has 2 aromatic heterocycles. The zero-order chi connectivity index (χ0) is 18.5. The number of carbonyl (C=O) groups excluding carboxylic acids is 1. The van der Waals surface area contributed by atoms with E-state index in [-0.39, 0.29) is 5.91 Å². The molecule has 0 fully saturated rings. The van der Waals surface area contributed by atoms with Crippen LogP contribution in [0.1, 0.15) is 38.9 Å². The highest BCUT2D eigenvalue weighted by Gasteiger charge is 2.14. The third-order valence-corrected chi connectivity index (χ3v) is 4.60. The zero-order valence-electron chi connectivity index (χ0n) is 15.7. The maximum Gasteiger partial charge on any atom is 0.242 e. The predicted molar refractivity (Wildman–Crippen MR) is 103 cm³/mol. The van der Waals surface area contributed by atoms with Crippen molar-refractivity contribution in [2.75, 3.05) is 13.7 Å². The quantitative estimate of drug-likeness (QED) is 0.457. The average Bonchev–Trinajstić information content (AvgIpc) is 2.99. The molecule has 0 spiro atoms. The van der Waals surface area contributed by atoms with Crippen LogP contribution in [0.2, 0.25) is 0 Å². The number of para-hydroxylation sites is 1. The Kier molecular flexibility index (Phi) is 5.83. The van der Waals surface area contributed by atoms with Gasteiger partial charge >= 0.3 is 0 Å². The van der Waals surface area contributed by atoms with Gasteiger partial charge in [0.15, 0.2) is 0 Å². The van der Waals surface area contributed by atoms with Crippen molar-refractivity contribution in [2.45, 2.75) is 46.1 Å². The molecule has 26 heavy (non-hydrogen) atoms. The van der Waals surface area contributed by atoms with E-state index in [1.165, 1.54) is 19.1 Å². The average molecular weight is 354 g/mol. The second-order valence-electron chi connectivity index (χ2n) is 6.45. The van der Waals surface area contributed by atoms with Crippen molar-refractivity contribution in [1.82, 2.24) is 19.6 Å². The van der Waals surface area contributed by atoms with Crippen LogP contribution in [0.3, 0.4) is 0 Å². The number of hydrogen-bond donors (Lipinski definition) is 0. The maximum absolute atomic E-state index is 11.4. The monoisotopic (exact) mass is 354 g/mol. The first-order valence-corrected chi connectivity index (χ1v) is 9.20. The molecule has 6 nitrogen and oxygen atoms in total. The SMILES string of the molecule is CCCc1nc2cnc3ccccc3c2n1CCCCN(OC)C(C)=O. The zero-order valence-corrected chi connectivity index (χ0v) is 15.7. The topological polar surface area (TPSA) is 60.3 Å². The number of unbranched alkanes of at least 4 members (excludes halogenated alkanes) is 1. The van der Waals surface area contributed by atoms with E-state index in [1.54, 1.807) is 0 Å². The van der Waals surface area contributed by atoms with Gasteiger partial charge in [-0.15, -0.1) is 0 Å². The van der Waals surface area contributed by atoms with Crippen molar-refractivity contribution in [3.8, 4) is 0 Å². The van der Waals surface area contributed by atoms with Crippen LogP contribution in [0.5, 0.6) is 0 Å². The summed E-state index contributed by atoms with van der Waals surface area (Å²) in [6, 6.07) is 8.20. The van der Waals surface area contributed by atoms with E-state index in [4.69, 9.17) is 9.82 Å². The van der Waals surface area contributed by atoms with Crippen LogP contribution in [-0.4, -0.2) is 39.2 Å². The van der Waals surface area contributed by atoms with E-state index in [2.05, 4.69) is 22.5 Å². The normalized spacial score (nSPS) is 11.3. The van der Waals surface area contributed by atoms with Gasteiger partial charge < -0.3 is 4.57 Å². The predicted octanol–water partition coefficient (Wildman–Crippen LogP) is 3.73. The van der Waals surface area contributed by atoms with Crippen LogP contribution in [0.25, 0.3) is 21.9 Å². The maximum atomic E-state index is 11.4. The smallest absolute Gasteiger partial charge is 0.242 e. The number of hydroxylamine groups is 2. The van der Waals surface area contributed by atoms with Crippen LogP contribution in [0.15, 0.2) is 30.5 Å². The fourth-order valence-electron chi connectivity index (χ4n) is 3.37. The molecular weight excluding hydrogens is 328 g/mol. The van der Waals surface area contributed by atoms with Gasteiger partial charge in [-0.25, -0.2) is 10.0 Å². The van der Waals surface area contributed by atoms with Crippen LogP contribution in [0, 0.1) is 0 Å². The summed E-state index contributed by atoms with van der Waals surface area (Å²) in [7, 11) is 1.53. The number of fused-ring (bicyclic) bond motifs is 3. The van der Waals surface area contributed by atoms with E-state index in [9.17, 15) is 4.79 Å². The van der Waals surface area contributed by atoms with Crippen LogP contribution < -0.4 is 0 Å². The molecule has 0 unspecified atom stereocenters. The van der Waals surface area contributed by atoms with Crippen molar-refractivity contribution in [3.05, 3.63) is 36.3 Å². The summed E-state index contributed by atoms with van der Waals surface area (Å²) in [5.41, 5.74) is 3.11. The Balaban J connectivity index is 1.86. The highest BCUT2D eigenvalue weighted by atomic mass is 16.7. The molecule has 0 radical (unpaired) electrons. The molecule has 1 aromatic carbocycles. The van der Waals surface area contributed by atoms with Crippen molar-refractivity contribution < 1.29 is 9.63 Å². The number of rotatable bonds is 8. The number of aryl methyl sites for hydroxylation is 2. The lowest BCUT2D eigenvalue weighted by molar-refractivity contribution is -0.173. The van der Waals surface area contributed by atoms with Crippen LogP contribution in [-0.2, 0) is 22.6 Å². The molecule has 0 N–H and O–H groups in total. The number of nitrogens with zero attached hydrogens (tertiary/aromatic N) is 4. The number of carbonyl (C=O) groups is 1. The van der Waals surface area contributed by atoms with Crippen LogP contribution >= 0.6 is 0 Å². The molecule has 0 aliphatic rings. The van der Waals surface area contributed by atoms with E-state index < -0.39 is 0 Å². The van der Waals surface area contributed by atoms with Gasteiger partial charge in [-0.2, -0.15) is 0 Å². The molecule has 138 valence electrons. The van der Waals surface area contributed by atoms with E-state index >= 15 is 0 Å². The van der Waals surface area contributed by atoms with Gasteiger partial charge in [0.05, 0.1) is 24.3 Å². The van der Waals surface area contributed by atoms with Crippen molar-refractivity contribution in [3.63, 3.8) is 0 Å². The van der Waals surface area contributed by atoms with Crippen molar-refractivity contribution in [1.29, 1.82) is 0 Å². The molecule has 3 rings (SSSR count). The third-order valence-electron chi connectivity index (χ3n) is 4.60. The first-order chi connectivity index (χ1) is 12.7. The van der Waals surface area contributed by atoms with Gasteiger partial charge in [-0.3, -0.25) is 14.6 Å². The van der Waals surface area contributed by atoms with Gasteiger partial charge in [0, 0.05) is 31.8 Å². The number of imidazole rings is 1. The van der Waals surface area contributed by atoms with Gasteiger partial charge in [0.25, 0.3) is 0 Å². The second-order valence-corrected chi connectivity index (χ2v) is 6.45. The number of pyridine rings is 1. The summed E-state index contributed by atoms with van der Waals surface area (Å²) in [6.07, 6.45) is 5.69. The summed E-state index contributed by atoms with van der Waals surface area (Å²) in [4.78, 5) is 25.9. The lowest BCUT2D eigenvalue weighted by Crippen LogP contribution is -2.28. The molecule has 3 aromatic rings. The fourth-order valence-corrected chi connectivity index (χ4v) is 3.37. The van der Waals surface area contributed by atoms with Crippen molar-refractivity contribution >= 4 is 27.8 Å². The Bertz CT molecular complexity index is 903. The molecule has 0 aliphatic heterocycles. The van der Waals surface area contributed by atoms with E-state index in [0.717, 1.165) is 60.0 Å². The number of hydrogen-bond acceptors (Lipinski definition) is 4. The molecule has 0 aliphatic carbocycles. The number of benzene rings is 1. The van der Waals surface area contributed by atoms with Crippen molar-refractivity contribution in [2.24, 2.45) is 0 Å². The first kappa shape index (κ1) is 18.3. The number of amides is 1. The van der Waals surface area contributed by atoms with Crippen LogP contribution in [0.4, 0.5) is 0 Å². The van der Waals surface area contributed by atoms with E-state index in [1.807, 2.05) is 24.4 Å². The lowest BCUT2D eigenvalue weighted by atomic mass is 10.2. The summed E-state index contributed by atoms with van der Waals surface area (Å²) in [5.74, 6) is 1.04. The van der Waals surface area contributed by atoms with E-state index in [0.29, 0.717) is 6.54 Å². The highest BCUT2D eigenvalue weighted by molar-refractivity contribution is 6.02. The third kappa shape index (κ3) is 3.70. The van der Waals surface area contributed by atoms with Gasteiger partial charge in [0.2, 0.25) is 5.91 Å². The molecule has 2 heterocycles.